The maximum atomic E-state index is 12.2. The number of carbonyl (C=O) groups excluding carboxylic acids is 2. The van der Waals surface area contributed by atoms with Crippen LogP contribution in [0.4, 0.5) is 0 Å². The molecule has 12 heteroatoms. The molecule has 3 atom stereocenters. The first-order chi connectivity index (χ1) is 22.6. The number of ether oxygens (including phenoxy) is 1. The number of phosphoric acid groups is 1. The molecule has 0 aliphatic rings. The number of amides is 1. The Morgan fingerprint density at radius 3 is 1.83 bits per heavy atom. The van der Waals surface area contributed by atoms with Crippen molar-refractivity contribution in [3.8, 4) is 0 Å². The number of allylic oxidation sites excluding steroid dienone is 8. The second-order valence-corrected chi connectivity index (χ2v) is 12.8. The Morgan fingerprint density at radius 2 is 1.23 bits per heavy atom. The smallest absolute Gasteiger partial charge is 0.472 e. The minimum atomic E-state index is -4.75. The third-order valence-corrected chi connectivity index (χ3v) is 7.83. The summed E-state index contributed by atoms with van der Waals surface area (Å²) in [6, 6.07) is -1.57. The summed E-state index contributed by atoms with van der Waals surface area (Å²) in [7, 11) is -4.75. The minimum absolute atomic E-state index is 0.0918. The second-order valence-electron chi connectivity index (χ2n) is 11.3. The van der Waals surface area contributed by atoms with Gasteiger partial charge in [0.1, 0.15) is 12.7 Å². The number of hydrogen-bond donors (Lipinski definition) is 4. The fraction of sp³-hybridized carbons (Fsp3) is 0.686. The molecule has 0 heterocycles. The highest BCUT2D eigenvalue weighted by Crippen LogP contribution is 2.43. The van der Waals surface area contributed by atoms with Crippen LogP contribution >= 0.6 is 7.82 Å². The van der Waals surface area contributed by atoms with Gasteiger partial charge in [-0.1, -0.05) is 107 Å². The van der Waals surface area contributed by atoms with Crippen molar-refractivity contribution in [2.24, 2.45) is 0 Å². The predicted molar refractivity (Wildman–Crippen MR) is 185 cm³/mol. The Bertz CT molecular complexity index is 995. The summed E-state index contributed by atoms with van der Waals surface area (Å²) in [4.78, 5) is 45.4. The molecule has 47 heavy (non-hydrogen) atoms. The molecule has 0 rings (SSSR count). The van der Waals surface area contributed by atoms with Crippen molar-refractivity contribution < 1.29 is 47.8 Å². The van der Waals surface area contributed by atoms with Crippen LogP contribution in [0.25, 0.3) is 0 Å². The first kappa shape index (κ1) is 44.4. The number of esters is 1. The topological polar surface area (TPSA) is 169 Å². The molecule has 0 aliphatic carbocycles. The molecule has 0 fully saturated rings. The van der Waals surface area contributed by atoms with Crippen LogP contribution in [0, 0.1) is 0 Å². The van der Waals surface area contributed by atoms with E-state index in [-0.39, 0.29) is 12.8 Å². The van der Waals surface area contributed by atoms with Gasteiger partial charge in [0.15, 0.2) is 6.04 Å². The number of carboxylic acids is 1. The van der Waals surface area contributed by atoms with Gasteiger partial charge in [-0.3, -0.25) is 18.6 Å². The van der Waals surface area contributed by atoms with E-state index in [9.17, 15) is 34.1 Å². The van der Waals surface area contributed by atoms with E-state index in [1.54, 1.807) is 0 Å². The first-order valence-electron chi connectivity index (χ1n) is 17.2. The number of aliphatic hydroxyl groups excluding tert-OH is 1. The normalized spacial score (nSPS) is 14.6. The second kappa shape index (κ2) is 30.8. The van der Waals surface area contributed by atoms with E-state index in [1.807, 2.05) is 6.08 Å². The van der Waals surface area contributed by atoms with Gasteiger partial charge in [-0.25, -0.2) is 9.36 Å². The fourth-order valence-electron chi connectivity index (χ4n) is 4.19. The van der Waals surface area contributed by atoms with E-state index in [4.69, 9.17) is 13.8 Å². The largest absolute Gasteiger partial charge is 0.480 e. The molecule has 0 aliphatic heterocycles. The molecule has 11 nitrogen and oxygen atoms in total. The number of carboxylic acid groups (broad SMARTS) is 1. The van der Waals surface area contributed by atoms with Crippen molar-refractivity contribution in [1.29, 1.82) is 0 Å². The van der Waals surface area contributed by atoms with Crippen molar-refractivity contribution >= 4 is 25.7 Å². The van der Waals surface area contributed by atoms with E-state index in [1.165, 1.54) is 25.7 Å². The number of rotatable bonds is 31. The van der Waals surface area contributed by atoms with E-state index >= 15 is 0 Å². The van der Waals surface area contributed by atoms with Crippen molar-refractivity contribution in [3.63, 3.8) is 0 Å². The number of phosphoric ester groups is 1. The molecule has 3 unspecified atom stereocenters. The number of unbranched alkanes of at least 4 members (excludes halogenated alkanes) is 9. The van der Waals surface area contributed by atoms with Gasteiger partial charge in [-0.15, -0.1) is 0 Å². The van der Waals surface area contributed by atoms with Crippen molar-refractivity contribution in [2.75, 3.05) is 19.8 Å². The maximum Gasteiger partial charge on any atom is 0.472 e. The van der Waals surface area contributed by atoms with E-state index in [2.05, 4.69) is 61.7 Å². The van der Waals surface area contributed by atoms with Crippen LogP contribution in [0.5, 0.6) is 0 Å². The van der Waals surface area contributed by atoms with Gasteiger partial charge >= 0.3 is 19.8 Å². The predicted octanol–water partition coefficient (Wildman–Crippen LogP) is 7.49. The molecule has 0 radical (unpaired) electrons. The molecule has 0 aromatic heterocycles. The summed E-state index contributed by atoms with van der Waals surface area (Å²) in [5.41, 5.74) is 0. The number of carbonyl (C=O) groups is 3. The Hall–Kier alpha value is -2.56. The molecule has 0 saturated heterocycles. The maximum absolute atomic E-state index is 12.2. The lowest BCUT2D eigenvalue weighted by molar-refractivity contribution is -0.147. The molecule has 4 N–H and O–H groups in total. The summed E-state index contributed by atoms with van der Waals surface area (Å²) in [6.07, 6.45) is 30.3. The highest BCUT2D eigenvalue weighted by atomic mass is 31.2. The van der Waals surface area contributed by atoms with Crippen molar-refractivity contribution in [1.82, 2.24) is 5.32 Å². The van der Waals surface area contributed by atoms with E-state index < -0.39 is 57.6 Å². The Kier molecular flexibility index (Phi) is 29.1. The van der Waals surface area contributed by atoms with Crippen LogP contribution in [0.1, 0.15) is 123 Å². The average molecular weight is 686 g/mol. The van der Waals surface area contributed by atoms with Crippen LogP contribution in [0.2, 0.25) is 0 Å². The number of nitrogens with one attached hydrogen (secondary N) is 1. The summed E-state index contributed by atoms with van der Waals surface area (Å²) in [6.45, 7) is 2.36. The third-order valence-electron chi connectivity index (χ3n) is 6.88. The highest BCUT2D eigenvalue weighted by Gasteiger charge is 2.28. The van der Waals surface area contributed by atoms with E-state index in [0.717, 1.165) is 57.8 Å². The Labute approximate surface area is 282 Å². The number of hydrogen-bond acceptors (Lipinski definition) is 8. The zero-order valence-electron chi connectivity index (χ0n) is 28.6. The van der Waals surface area contributed by atoms with Crippen molar-refractivity contribution in [3.05, 3.63) is 48.6 Å². The first-order valence-corrected chi connectivity index (χ1v) is 18.7. The lowest BCUT2D eigenvalue weighted by Gasteiger charge is -2.18. The van der Waals surface area contributed by atoms with Gasteiger partial charge in [-0.2, -0.15) is 0 Å². The van der Waals surface area contributed by atoms with Gasteiger partial charge in [0.25, 0.3) is 0 Å². The Balaban J connectivity index is 4.11. The SMILES string of the molecule is CC/C=C\C/C=C\C/C=C\C/C=C\CCCCC(=O)NC(COP(=O)(O)OCC(O)COC(=O)CCCCCCCCCC)C(=O)O. The van der Waals surface area contributed by atoms with Gasteiger partial charge < -0.3 is 25.2 Å². The van der Waals surface area contributed by atoms with Crippen LogP contribution in [-0.2, 0) is 32.7 Å². The highest BCUT2D eigenvalue weighted by molar-refractivity contribution is 7.47. The van der Waals surface area contributed by atoms with Crippen LogP contribution in [0.15, 0.2) is 48.6 Å². The molecular formula is C35H60NO10P. The molecule has 0 bridgehead atoms. The lowest BCUT2D eigenvalue weighted by atomic mass is 10.1. The van der Waals surface area contributed by atoms with Gasteiger partial charge in [-0.05, 0) is 51.4 Å². The quantitative estimate of drug-likeness (QED) is 0.0248. The zero-order chi connectivity index (χ0) is 35.0. The standard InChI is InChI=1S/C35H60NO10P/c1-3-5-7-9-11-13-14-15-16-17-18-19-20-22-24-26-33(38)36-32(35(40)41)30-46-47(42,43)45-29-31(37)28-44-34(39)27-25-23-21-12-10-8-6-4-2/h5,7,11,13,15-16,18-19,31-32,37H,3-4,6,8-10,12,14,17,20-30H2,1-2H3,(H,36,38)(H,40,41)(H,42,43)/b7-5-,13-11-,16-15-,19-18-. The summed E-state index contributed by atoms with van der Waals surface area (Å²) >= 11 is 0. The van der Waals surface area contributed by atoms with Crippen LogP contribution in [-0.4, -0.2) is 64.9 Å². The monoisotopic (exact) mass is 685 g/mol. The summed E-state index contributed by atoms with van der Waals surface area (Å²) in [5, 5.41) is 21.6. The number of aliphatic hydroxyl groups is 1. The summed E-state index contributed by atoms with van der Waals surface area (Å²) < 4.78 is 26.6. The van der Waals surface area contributed by atoms with E-state index in [0.29, 0.717) is 12.8 Å². The third kappa shape index (κ3) is 30.5. The molecule has 0 spiro atoms. The van der Waals surface area contributed by atoms with Gasteiger partial charge in [0.2, 0.25) is 5.91 Å². The minimum Gasteiger partial charge on any atom is -0.480 e. The Morgan fingerprint density at radius 1 is 0.702 bits per heavy atom. The van der Waals surface area contributed by atoms with Gasteiger partial charge in [0, 0.05) is 12.8 Å². The fourth-order valence-corrected chi connectivity index (χ4v) is 4.96. The molecule has 270 valence electrons. The molecule has 1 amide bonds. The molecule has 0 aromatic carbocycles. The van der Waals surface area contributed by atoms with Crippen molar-refractivity contribution in [2.45, 2.75) is 135 Å². The van der Waals surface area contributed by atoms with Gasteiger partial charge in [0.05, 0.1) is 13.2 Å². The average Bonchev–Trinajstić information content (AvgIpc) is 3.04. The molecule has 0 saturated carbocycles. The molecular weight excluding hydrogens is 625 g/mol. The van der Waals surface area contributed by atoms with Crippen LogP contribution < -0.4 is 5.32 Å². The van der Waals surface area contributed by atoms with Crippen LogP contribution in [0.3, 0.4) is 0 Å². The molecule has 0 aromatic rings. The lowest BCUT2D eigenvalue weighted by Crippen LogP contribution is -2.43. The zero-order valence-corrected chi connectivity index (χ0v) is 29.5. The summed E-state index contributed by atoms with van der Waals surface area (Å²) in [5.74, 6) is -2.45. The number of aliphatic carboxylic acids is 1.